The molecule has 0 spiro atoms. The van der Waals surface area contributed by atoms with Crippen LogP contribution in [-0.4, -0.2) is 33.6 Å². The number of aromatic nitrogens is 4. The number of hydrogen-bond acceptors (Lipinski definition) is 5. The quantitative estimate of drug-likeness (QED) is 0.885. The van der Waals surface area contributed by atoms with Gasteiger partial charge in [0.15, 0.2) is 11.6 Å². The van der Waals surface area contributed by atoms with Crippen molar-refractivity contribution in [2.45, 2.75) is 13.5 Å². The van der Waals surface area contributed by atoms with Gasteiger partial charge in [-0.1, -0.05) is 0 Å². The molecule has 2 aromatic rings. The number of aromatic amines is 1. The van der Waals surface area contributed by atoms with E-state index >= 15 is 0 Å². The molecule has 18 heavy (non-hydrogen) atoms. The second-order valence-corrected chi connectivity index (χ2v) is 4.35. The van der Waals surface area contributed by atoms with Gasteiger partial charge in [-0.05, 0) is 22.9 Å². The lowest BCUT2D eigenvalue weighted by molar-refractivity contribution is 0.181. The Morgan fingerprint density at radius 1 is 1.44 bits per heavy atom. The summed E-state index contributed by atoms with van der Waals surface area (Å²) in [5.74, 6) is 1.93. The van der Waals surface area contributed by atoms with Crippen molar-refractivity contribution >= 4 is 21.7 Å². The van der Waals surface area contributed by atoms with Crippen molar-refractivity contribution in [1.82, 2.24) is 19.9 Å². The molecule has 0 unspecified atom stereocenters. The summed E-state index contributed by atoms with van der Waals surface area (Å²) in [4.78, 5) is 16.0. The standard InChI is InChI=1S/C11H14BrN5O/c1-3-13-9-8(12)7(6-18-2)16-11(17-9)10-14-4-5-15-10/h4-5H,3,6H2,1-2H3,(H,14,15)(H,13,16,17). The van der Waals surface area contributed by atoms with Crippen LogP contribution in [0.25, 0.3) is 11.6 Å². The number of imidazole rings is 1. The number of H-pyrrole nitrogens is 1. The monoisotopic (exact) mass is 311 g/mol. The number of hydrogen-bond donors (Lipinski definition) is 2. The zero-order valence-electron chi connectivity index (χ0n) is 10.2. The number of halogens is 1. The van der Waals surface area contributed by atoms with Crippen LogP contribution in [0.3, 0.4) is 0 Å². The van der Waals surface area contributed by atoms with Crippen molar-refractivity contribution in [1.29, 1.82) is 0 Å². The van der Waals surface area contributed by atoms with Gasteiger partial charge in [-0.15, -0.1) is 0 Å². The molecule has 7 heteroatoms. The van der Waals surface area contributed by atoms with E-state index in [1.807, 2.05) is 6.92 Å². The van der Waals surface area contributed by atoms with Gasteiger partial charge in [0.05, 0.1) is 16.8 Å². The van der Waals surface area contributed by atoms with Gasteiger partial charge in [-0.25, -0.2) is 15.0 Å². The molecule has 0 aliphatic carbocycles. The van der Waals surface area contributed by atoms with Crippen molar-refractivity contribution < 1.29 is 4.74 Å². The average molecular weight is 312 g/mol. The molecule has 2 heterocycles. The van der Waals surface area contributed by atoms with E-state index in [1.54, 1.807) is 19.5 Å². The topological polar surface area (TPSA) is 75.7 Å². The first-order valence-corrected chi connectivity index (χ1v) is 6.34. The molecule has 96 valence electrons. The summed E-state index contributed by atoms with van der Waals surface area (Å²) in [6, 6.07) is 0. The van der Waals surface area contributed by atoms with E-state index in [0.29, 0.717) is 18.3 Å². The molecule has 0 atom stereocenters. The van der Waals surface area contributed by atoms with E-state index in [4.69, 9.17) is 4.74 Å². The van der Waals surface area contributed by atoms with Gasteiger partial charge in [-0.3, -0.25) is 0 Å². The first-order valence-electron chi connectivity index (χ1n) is 5.55. The van der Waals surface area contributed by atoms with Gasteiger partial charge in [0.1, 0.15) is 5.82 Å². The molecule has 0 aliphatic heterocycles. The fourth-order valence-corrected chi connectivity index (χ4v) is 1.94. The van der Waals surface area contributed by atoms with E-state index in [0.717, 1.165) is 22.5 Å². The number of nitrogens with one attached hydrogen (secondary N) is 2. The Morgan fingerprint density at radius 2 is 2.28 bits per heavy atom. The maximum Gasteiger partial charge on any atom is 0.198 e. The fourth-order valence-electron chi connectivity index (χ4n) is 1.50. The molecule has 0 aliphatic rings. The minimum atomic E-state index is 0.412. The molecule has 0 saturated heterocycles. The van der Waals surface area contributed by atoms with E-state index < -0.39 is 0 Å². The van der Waals surface area contributed by atoms with Crippen LogP contribution in [0.4, 0.5) is 5.82 Å². The Morgan fingerprint density at radius 3 is 2.89 bits per heavy atom. The molecular weight excluding hydrogens is 298 g/mol. The molecule has 0 fully saturated rings. The summed E-state index contributed by atoms with van der Waals surface area (Å²) in [6.45, 7) is 3.20. The summed E-state index contributed by atoms with van der Waals surface area (Å²) in [7, 11) is 1.63. The Kier molecular flexibility index (Phi) is 4.27. The molecule has 2 N–H and O–H groups in total. The number of anilines is 1. The van der Waals surface area contributed by atoms with Crippen LogP contribution < -0.4 is 5.32 Å². The van der Waals surface area contributed by atoms with E-state index in [2.05, 4.69) is 41.2 Å². The van der Waals surface area contributed by atoms with Crippen molar-refractivity contribution in [2.24, 2.45) is 0 Å². The maximum absolute atomic E-state index is 5.14. The van der Waals surface area contributed by atoms with Crippen LogP contribution in [-0.2, 0) is 11.3 Å². The third kappa shape index (κ3) is 2.68. The highest BCUT2D eigenvalue weighted by atomic mass is 79.9. The molecule has 2 rings (SSSR count). The van der Waals surface area contributed by atoms with Crippen LogP contribution in [0.15, 0.2) is 16.9 Å². The first-order chi connectivity index (χ1) is 8.76. The summed E-state index contributed by atoms with van der Waals surface area (Å²) in [6.07, 6.45) is 3.41. The Bertz CT molecular complexity index is 487. The van der Waals surface area contributed by atoms with Crippen LogP contribution in [0.2, 0.25) is 0 Å². The maximum atomic E-state index is 5.14. The Labute approximate surface area is 113 Å². The molecule has 0 saturated carbocycles. The van der Waals surface area contributed by atoms with Crippen molar-refractivity contribution in [3.05, 3.63) is 22.6 Å². The third-order valence-electron chi connectivity index (χ3n) is 2.26. The third-order valence-corrected chi connectivity index (χ3v) is 3.09. The lowest BCUT2D eigenvalue weighted by Crippen LogP contribution is -2.07. The van der Waals surface area contributed by atoms with Crippen LogP contribution in [0.1, 0.15) is 12.6 Å². The highest BCUT2D eigenvalue weighted by molar-refractivity contribution is 9.10. The van der Waals surface area contributed by atoms with E-state index in [-0.39, 0.29) is 0 Å². The lowest BCUT2D eigenvalue weighted by atomic mass is 10.3. The molecule has 0 bridgehead atoms. The van der Waals surface area contributed by atoms with Crippen molar-refractivity contribution in [3.63, 3.8) is 0 Å². The second kappa shape index (κ2) is 5.92. The largest absolute Gasteiger partial charge is 0.378 e. The summed E-state index contributed by atoms with van der Waals surface area (Å²) in [5, 5.41) is 3.18. The summed E-state index contributed by atoms with van der Waals surface area (Å²) in [5.41, 5.74) is 0.787. The predicted molar refractivity (Wildman–Crippen MR) is 72.2 cm³/mol. The lowest BCUT2D eigenvalue weighted by Gasteiger charge is -2.10. The van der Waals surface area contributed by atoms with Crippen molar-refractivity contribution in [2.75, 3.05) is 19.0 Å². The normalized spacial score (nSPS) is 10.6. The van der Waals surface area contributed by atoms with Gasteiger partial charge >= 0.3 is 0 Å². The summed E-state index contributed by atoms with van der Waals surface area (Å²) >= 11 is 3.48. The molecule has 6 nitrogen and oxygen atoms in total. The van der Waals surface area contributed by atoms with E-state index in [1.165, 1.54) is 0 Å². The molecule has 0 radical (unpaired) electrons. The number of nitrogens with zero attached hydrogens (tertiary/aromatic N) is 3. The highest BCUT2D eigenvalue weighted by Gasteiger charge is 2.14. The van der Waals surface area contributed by atoms with Crippen LogP contribution >= 0.6 is 15.9 Å². The van der Waals surface area contributed by atoms with Crippen molar-refractivity contribution in [3.8, 4) is 11.6 Å². The molecular formula is C11H14BrN5O. The zero-order chi connectivity index (χ0) is 13.0. The van der Waals surface area contributed by atoms with E-state index in [9.17, 15) is 0 Å². The van der Waals surface area contributed by atoms with Crippen LogP contribution in [0, 0.1) is 0 Å². The Balaban J connectivity index is 2.47. The molecule has 0 aromatic carbocycles. The average Bonchev–Trinajstić information content (AvgIpc) is 2.88. The minimum Gasteiger partial charge on any atom is -0.378 e. The van der Waals surface area contributed by atoms with Crippen LogP contribution in [0.5, 0.6) is 0 Å². The van der Waals surface area contributed by atoms with Gasteiger partial charge < -0.3 is 15.0 Å². The Hall–Kier alpha value is -1.47. The smallest absolute Gasteiger partial charge is 0.198 e. The number of methoxy groups -OCH3 is 1. The molecule has 0 amide bonds. The minimum absolute atomic E-state index is 0.412. The van der Waals surface area contributed by atoms with Gasteiger partial charge in [0.2, 0.25) is 0 Å². The van der Waals surface area contributed by atoms with Gasteiger partial charge in [-0.2, -0.15) is 0 Å². The first kappa shape index (κ1) is 13.0. The predicted octanol–water partition coefficient (Wildman–Crippen LogP) is 2.21. The second-order valence-electron chi connectivity index (χ2n) is 3.56. The number of ether oxygens (including phenoxy) is 1. The van der Waals surface area contributed by atoms with Gasteiger partial charge in [0.25, 0.3) is 0 Å². The fraction of sp³-hybridized carbons (Fsp3) is 0.364. The number of rotatable bonds is 5. The summed E-state index contributed by atoms with van der Waals surface area (Å²) < 4.78 is 5.96. The SMILES string of the molecule is CCNc1nc(-c2ncc[nH]2)nc(COC)c1Br. The highest BCUT2D eigenvalue weighted by Crippen LogP contribution is 2.26. The zero-order valence-corrected chi connectivity index (χ0v) is 11.8. The van der Waals surface area contributed by atoms with Gasteiger partial charge in [0, 0.05) is 26.0 Å². The molecule has 2 aromatic heterocycles.